The van der Waals surface area contributed by atoms with Gasteiger partial charge in [0.15, 0.2) is 5.96 Å². The number of likely N-dealkylation sites (tertiary alicyclic amines) is 1. The van der Waals surface area contributed by atoms with Crippen molar-refractivity contribution in [3.05, 3.63) is 47.5 Å². The summed E-state index contributed by atoms with van der Waals surface area (Å²) >= 11 is 0. The monoisotopic (exact) mass is 424 g/mol. The van der Waals surface area contributed by atoms with E-state index in [-0.39, 0.29) is 0 Å². The van der Waals surface area contributed by atoms with Gasteiger partial charge in [0.25, 0.3) is 0 Å². The molecule has 2 aliphatic heterocycles. The highest BCUT2D eigenvalue weighted by Gasteiger charge is 2.25. The number of guanidine groups is 1. The topological polar surface area (TPSA) is 67.6 Å². The number of rotatable bonds is 8. The van der Waals surface area contributed by atoms with Gasteiger partial charge in [-0.1, -0.05) is 36.8 Å². The van der Waals surface area contributed by atoms with Crippen molar-refractivity contribution >= 4 is 5.96 Å². The van der Waals surface area contributed by atoms with Crippen LogP contribution >= 0.6 is 0 Å². The third kappa shape index (κ3) is 6.06. The summed E-state index contributed by atoms with van der Waals surface area (Å²) in [5.74, 6) is 3.89. The molecule has 7 nitrogen and oxygen atoms in total. The zero-order valence-corrected chi connectivity index (χ0v) is 18.8. The van der Waals surface area contributed by atoms with Crippen molar-refractivity contribution in [1.82, 2.24) is 25.0 Å². The maximum absolute atomic E-state index is 5.96. The second-order valence-corrected chi connectivity index (χ2v) is 8.67. The van der Waals surface area contributed by atoms with Crippen molar-refractivity contribution in [2.75, 3.05) is 33.3 Å². The highest BCUT2D eigenvalue weighted by Crippen LogP contribution is 2.18. The molecule has 7 heteroatoms. The molecule has 0 aliphatic carbocycles. The Morgan fingerprint density at radius 3 is 2.94 bits per heavy atom. The molecule has 1 unspecified atom stereocenters. The first kappa shape index (κ1) is 21.8. The Kier molecular flexibility index (Phi) is 7.93. The Labute approximate surface area is 185 Å². The molecule has 1 aromatic heterocycles. The lowest BCUT2D eigenvalue weighted by Gasteiger charge is -2.21. The van der Waals surface area contributed by atoms with Crippen molar-refractivity contribution in [3.8, 4) is 0 Å². The number of aliphatic imine (C=N–C) groups is 1. The molecule has 0 saturated carbocycles. The summed E-state index contributed by atoms with van der Waals surface area (Å²) in [4.78, 5) is 6.87. The first-order valence-electron chi connectivity index (χ1n) is 11.8. The van der Waals surface area contributed by atoms with Crippen molar-refractivity contribution in [3.63, 3.8) is 0 Å². The highest BCUT2D eigenvalue weighted by atomic mass is 16.5. The second kappa shape index (κ2) is 11.3. The molecule has 0 bridgehead atoms. The van der Waals surface area contributed by atoms with E-state index >= 15 is 0 Å². The lowest BCUT2D eigenvalue weighted by atomic mass is 10.1. The van der Waals surface area contributed by atoms with Crippen LogP contribution in [0.15, 0.2) is 35.3 Å². The number of hydrogen-bond acceptors (Lipinski definition) is 4. The van der Waals surface area contributed by atoms with Crippen LogP contribution in [-0.4, -0.2) is 58.9 Å². The lowest BCUT2D eigenvalue weighted by molar-refractivity contribution is 0.0907. The number of aromatic nitrogens is 3. The quantitative estimate of drug-likeness (QED) is 0.401. The molecule has 168 valence electrons. The van der Waals surface area contributed by atoms with E-state index in [0.717, 1.165) is 70.3 Å². The third-order valence-corrected chi connectivity index (χ3v) is 6.31. The van der Waals surface area contributed by atoms with Crippen molar-refractivity contribution in [1.29, 1.82) is 0 Å². The van der Waals surface area contributed by atoms with E-state index in [2.05, 4.69) is 54.2 Å². The van der Waals surface area contributed by atoms with E-state index in [1.54, 1.807) is 0 Å². The summed E-state index contributed by atoms with van der Waals surface area (Å²) in [6.07, 6.45) is 8.01. The van der Waals surface area contributed by atoms with Gasteiger partial charge in [-0.25, -0.2) is 0 Å². The van der Waals surface area contributed by atoms with Gasteiger partial charge in [-0.05, 0) is 31.2 Å². The molecular weight excluding hydrogens is 388 g/mol. The van der Waals surface area contributed by atoms with Gasteiger partial charge in [0, 0.05) is 52.0 Å². The number of ether oxygens (including phenoxy) is 1. The Hall–Kier alpha value is -2.41. The number of aryl methyl sites for hydroxylation is 2. The Bertz CT molecular complexity index is 834. The van der Waals surface area contributed by atoms with Gasteiger partial charge < -0.3 is 19.5 Å². The minimum atomic E-state index is 0.564. The van der Waals surface area contributed by atoms with Crippen LogP contribution in [0.4, 0.5) is 0 Å². The molecule has 2 aliphatic rings. The normalized spacial score (nSPS) is 19.3. The standard InChI is InChI=1S/C24H36N6O/c1-25-24(26-14-8-12-23-28-27-22-11-6-3-7-15-30(22)23)29-16-13-21(17-29)19-31-18-20-9-4-2-5-10-20/h2,4-5,9-10,21H,3,6-8,11-19H2,1H3,(H,25,26). The van der Waals surface area contributed by atoms with Gasteiger partial charge in [-0.15, -0.1) is 10.2 Å². The molecule has 1 fully saturated rings. The van der Waals surface area contributed by atoms with Crippen LogP contribution in [0.2, 0.25) is 0 Å². The Morgan fingerprint density at radius 2 is 2.06 bits per heavy atom. The fourth-order valence-corrected chi connectivity index (χ4v) is 4.59. The molecule has 1 aromatic carbocycles. The Morgan fingerprint density at radius 1 is 1.16 bits per heavy atom. The first-order chi connectivity index (χ1) is 15.3. The van der Waals surface area contributed by atoms with Crippen molar-refractivity contribution < 1.29 is 4.74 Å². The molecule has 1 N–H and O–H groups in total. The number of nitrogens with one attached hydrogen (secondary N) is 1. The van der Waals surface area contributed by atoms with Gasteiger partial charge >= 0.3 is 0 Å². The zero-order chi connectivity index (χ0) is 21.3. The summed E-state index contributed by atoms with van der Waals surface area (Å²) in [6, 6.07) is 10.4. The fraction of sp³-hybridized carbons (Fsp3) is 0.625. The van der Waals surface area contributed by atoms with Gasteiger partial charge in [0.1, 0.15) is 11.6 Å². The van der Waals surface area contributed by atoms with Crippen LogP contribution in [0.3, 0.4) is 0 Å². The second-order valence-electron chi connectivity index (χ2n) is 8.67. The molecule has 0 amide bonds. The van der Waals surface area contributed by atoms with E-state index < -0.39 is 0 Å². The van der Waals surface area contributed by atoms with Crippen LogP contribution in [0, 0.1) is 5.92 Å². The molecule has 1 atom stereocenters. The molecule has 31 heavy (non-hydrogen) atoms. The summed E-state index contributed by atoms with van der Waals surface area (Å²) in [6.45, 7) is 5.52. The highest BCUT2D eigenvalue weighted by molar-refractivity contribution is 5.80. The molecule has 0 radical (unpaired) electrons. The smallest absolute Gasteiger partial charge is 0.193 e. The van der Waals surface area contributed by atoms with E-state index in [0.29, 0.717) is 12.5 Å². The van der Waals surface area contributed by atoms with E-state index in [4.69, 9.17) is 4.74 Å². The third-order valence-electron chi connectivity index (χ3n) is 6.31. The zero-order valence-electron chi connectivity index (χ0n) is 18.8. The average Bonchev–Trinajstić information content (AvgIpc) is 3.35. The van der Waals surface area contributed by atoms with Crippen LogP contribution in [0.1, 0.15) is 49.3 Å². The molecule has 1 saturated heterocycles. The average molecular weight is 425 g/mol. The van der Waals surface area contributed by atoms with Crippen LogP contribution < -0.4 is 5.32 Å². The van der Waals surface area contributed by atoms with Gasteiger partial charge in [0.05, 0.1) is 13.2 Å². The van der Waals surface area contributed by atoms with Crippen LogP contribution in [-0.2, 0) is 30.7 Å². The summed E-state index contributed by atoms with van der Waals surface area (Å²) in [5.41, 5.74) is 1.24. The van der Waals surface area contributed by atoms with Gasteiger partial charge in [-0.3, -0.25) is 4.99 Å². The van der Waals surface area contributed by atoms with Gasteiger partial charge in [0.2, 0.25) is 0 Å². The molecule has 0 spiro atoms. The molecule has 4 rings (SSSR count). The summed E-state index contributed by atoms with van der Waals surface area (Å²) in [7, 11) is 1.87. The minimum absolute atomic E-state index is 0.564. The van der Waals surface area contributed by atoms with E-state index in [1.165, 1.54) is 30.7 Å². The summed E-state index contributed by atoms with van der Waals surface area (Å²) < 4.78 is 8.31. The maximum Gasteiger partial charge on any atom is 0.193 e. The lowest BCUT2D eigenvalue weighted by Crippen LogP contribution is -2.40. The molecular formula is C24H36N6O. The minimum Gasteiger partial charge on any atom is -0.376 e. The number of nitrogens with zero attached hydrogens (tertiary/aromatic N) is 5. The predicted molar refractivity (Wildman–Crippen MR) is 123 cm³/mol. The molecule has 2 aromatic rings. The number of hydrogen-bond donors (Lipinski definition) is 1. The predicted octanol–water partition coefficient (Wildman–Crippen LogP) is 3.05. The van der Waals surface area contributed by atoms with Gasteiger partial charge in [-0.2, -0.15) is 0 Å². The summed E-state index contributed by atoms with van der Waals surface area (Å²) in [5, 5.41) is 12.4. The number of fused-ring (bicyclic) bond motifs is 1. The first-order valence-corrected chi connectivity index (χ1v) is 11.8. The van der Waals surface area contributed by atoms with Crippen LogP contribution in [0.5, 0.6) is 0 Å². The Balaban J connectivity index is 1.16. The van der Waals surface area contributed by atoms with Crippen LogP contribution in [0.25, 0.3) is 0 Å². The van der Waals surface area contributed by atoms with Crippen molar-refractivity contribution in [2.24, 2.45) is 10.9 Å². The van der Waals surface area contributed by atoms with Crippen molar-refractivity contribution in [2.45, 2.75) is 58.1 Å². The SMILES string of the molecule is CN=C(NCCCc1nnc2n1CCCCC2)N1CCC(COCc2ccccc2)C1. The maximum atomic E-state index is 5.96. The fourth-order valence-electron chi connectivity index (χ4n) is 4.59. The largest absolute Gasteiger partial charge is 0.376 e. The number of benzene rings is 1. The van der Waals surface area contributed by atoms with E-state index in [1.807, 2.05) is 13.1 Å². The molecule has 3 heterocycles. The van der Waals surface area contributed by atoms with E-state index in [9.17, 15) is 0 Å².